The third-order valence-electron chi connectivity index (χ3n) is 3.24. The van der Waals surface area contributed by atoms with E-state index >= 15 is 0 Å². The lowest BCUT2D eigenvalue weighted by atomic mass is 10.2. The van der Waals surface area contributed by atoms with Crippen molar-refractivity contribution in [2.24, 2.45) is 0 Å². The highest BCUT2D eigenvalue weighted by Gasteiger charge is 2.06. The standard InChI is InChI=1S/C17H22N2O2/c1-13-5-3-7-17(9-13)21-12-16(20)11-18-10-15-6-4-8-19-14(15)2/h3-9,16,18,20H,10-12H2,1-2H3. The van der Waals surface area contributed by atoms with Gasteiger partial charge < -0.3 is 15.2 Å². The molecule has 1 unspecified atom stereocenters. The second-order valence-electron chi connectivity index (χ2n) is 5.16. The Morgan fingerprint density at radius 3 is 2.86 bits per heavy atom. The highest BCUT2D eigenvalue weighted by atomic mass is 16.5. The van der Waals surface area contributed by atoms with Gasteiger partial charge in [-0.3, -0.25) is 4.98 Å². The van der Waals surface area contributed by atoms with Gasteiger partial charge in [-0.25, -0.2) is 0 Å². The number of nitrogens with one attached hydrogen (secondary N) is 1. The fraction of sp³-hybridized carbons (Fsp3) is 0.353. The lowest BCUT2D eigenvalue weighted by Crippen LogP contribution is -2.31. The number of aliphatic hydroxyl groups is 1. The summed E-state index contributed by atoms with van der Waals surface area (Å²) in [7, 11) is 0. The molecule has 0 fully saturated rings. The van der Waals surface area contributed by atoms with Gasteiger partial charge >= 0.3 is 0 Å². The number of benzene rings is 1. The van der Waals surface area contributed by atoms with Crippen molar-refractivity contribution in [1.29, 1.82) is 0 Å². The number of ether oxygens (including phenoxy) is 1. The lowest BCUT2D eigenvalue weighted by molar-refractivity contribution is 0.106. The van der Waals surface area contributed by atoms with E-state index in [9.17, 15) is 5.11 Å². The van der Waals surface area contributed by atoms with Gasteiger partial charge in [0, 0.05) is 25.0 Å². The summed E-state index contributed by atoms with van der Waals surface area (Å²) >= 11 is 0. The van der Waals surface area contributed by atoms with Gasteiger partial charge in [-0.2, -0.15) is 0 Å². The van der Waals surface area contributed by atoms with Crippen LogP contribution in [0.25, 0.3) is 0 Å². The van der Waals surface area contributed by atoms with E-state index in [0.29, 0.717) is 13.1 Å². The largest absolute Gasteiger partial charge is 0.491 e. The first kappa shape index (κ1) is 15.5. The van der Waals surface area contributed by atoms with Crippen LogP contribution in [0.1, 0.15) is 16.8 Å². The topological polar surface area (TPSA) is 54.4 Å². The van der Waals surface area contributed by atoms with Crippen molar-refractivity contribution in [3.8, 4) is 5.75 Å². The zero-order valence-corrected chi connectivity index (χ0v) is 12.5. The van der Waals surface area contributed by atoms with E-state index in [0.717, 1.165) is 22.6 Å². The SMILES string of the molecule is Cc1cccc(OCC(O)CNCc2cccnc2C)c1. The van der Waals surface area contributed by atoms with Crippen molar-refractivity contribution in [2.75, 3.05) is 13.2 Å². The number of hydrogen-bond donors (Lipinski definition) is 2. The third-order valence-corrected chi connectivity index (χ3v) is 3.24. The second kappa shape index (κ2) is 7.76. The first-order chi connectivity index (χ1) is 10.1. The summed E-state index contributed by atoms with van der Waals surface area (Å²) in [5.41, 5.74) is 3.30. The molecule has 0 spiro atoms. The van der Waals surface area contributed by atoms with E-state index in [1.165, 1.54) is 0 Å². The number of aromatic nitrogens is 1. The van der Waals surface area contributed by atoms with E-state index in [1.54, 1.807) is 6.20 Å². The van der Waals surface area contributed by atoms with Gasteiger partial charge in [0.05, 0.1) is 0 Å². The van der Waals surface area contributed by atoms with Crippen LogP contribution in [0.2, 0.25) is 0 Å². The van der Waals surface area contributed by atoms with E-state index in [4.69, 9.17) is 4.74 Å². The van der Waals surface area contributed by atoms with Crippen LogP contribution in [0, 0.1) is 13.8 Å². The van der Waals surface area contributed by atoms with E-state index < -0.39 is 6.10 Å². The monoisotopic (exact) mass is 286 g/mol. The molecule has 0 radical (unpaired) electrons. The van der Waals surface area contributed by atoms with Crippen molar-refractivity contribution >= 4 is 0 Å². The average molecular weight is 286 g/mol. The van der Waals surface area contributed by atoms with E-state index in [2.05, 4.69) is 10.3 Å². The normalized spacial score (nSPS) is 12.1. The minimum Gasteiger partial charge on any atom is -0.491 e. The summed E-state index contributed by atoms with van der Waals surface area (Å²) in [6, 6.07) is 11.8. The van der Waals surface area contributed by atoms with Gasteiger partial charge in [0.1, 0.15) is 18.5 Å². The van der Waals surface area contributed by atoms with Gasteiger partial charge in [-0.15, -0.1) is 0 Å². The molecule has 21 heavy (non-hydrogen) atoms. The molecule has 4 heteroatoms. The number of nitrogens with zero attached hydrogens (tertiary/aromatic N) is 1. The Hall–Kier alpha value is -1.91. The minimum absolute atomic E-state index is 0.280. The number of aliphatic hydroxyl groups excluding tert-OH is 1. The zero-order valence-electron chi connectivity index (χ0n) is 12.5. The van der Waals surface area contributed by atoms with Crippen LogP contribution in [0.4, 0.5) is 0 Å². The molecule has 0 saturated carbocycles. The van der Waals surface area contributed by atoms with Crippen molar-refractivity contribution in [3.63, 3.8) is 0 Å². The van der Waals surface area contributed by atoms with Crippen molar-refractivity contribution in [2.45, 2.75) is 26.5 Å². The van der Waals surface area contributed by atoms with Crippen LogP contribution in [0.15, 0.2) is 42.6 Å². The van der Waals surface area contributed by atoms with Crippen LogP contribution < -0.4 is 10.1 Å². The molecule has 1 atom stereocenters. The Balaban J connectivity index is 1.70. The molecule has 2 aromatic rings. The summed E-state index contributed by atoms with van der Waals surface area (Å²) in [5.74, 6) is 0.789. The quantitative estimate of drug-likeness (QED) is 0.819. The molecule has 1 aromatic carbocycles. The summed E-state index contributed by atoms with van der Waals surface area (Å²) in [5, 5.41) is 13.1. The smallest absolute Gasteiger partial charge is 0.119 e. The predicted octanol–water partition coefficient (Wildman–Crippen LogP) is 2.23. The maximum Gasteiger partial charge on any atom is 0.119 e. The lowest BCUT2D eigenvalue weighted by Gasteiger charge is -2.14. The Morgan fingerprint density at radius 1 is 1.24 bits per heavy atom. The summed E-state index contributed by atoms with van der Waals surface area (Å²) in [4.78, 5) is 4.23. The van der Waals surface area contributed by atoms with Crippen molar-refractivity contribution in [1.82, 2.24) is 10.3 Å². The molecule has 2 rings (SSSR count). The molecule has 0 amide bonds. The Bertz CT molecular complexity index is 572. The highest BCUT2D eigenvalue weighted by Crippen LogP contribution is 2.12. The number of pyridine rings is 1. The van der Waals surface area contributed by atoms with Crippen LogP contribution in [-0.2, 0) is 6.54 Å². The van der Waals surface area contributed by atoms with Gasteiger partial charge in [0.2, 0.25) is 0 Å². The predicted molar refractivity (Wildman–Crippen MR) is 83.4 cm³/mol. The summed E-state index contributed by atoms with van der Waals surface area (Å²) < 4.78 is 5.57. The molecule has 0 aliphatic carbocycles. The minimum atomic E-state index is -0.539. The number of rotatable bonds is 7. The van der Waals surface area contributed by atoms with E-state index in [1.807, 2.05) is 50.2 Å². The molecule has 1 heterocycles. The van der Waals surface area contributed by atoms with E-state index in [-0.39, 0.29) is 6.61 Å². The maximum absolute atomic E-state index is 9.92. The van der Waals surface area contributed by atoms with Crippen molar-refractivity contribution < 1.29 is 9.84 Å². The van der Waals surface area contributed by atoms with Crippen LogP contribution >= 0.6 is 0 Å². The molecule has 4 nitrogen and oxygen atoms in total. The average Bonchev–Trinajstić information content (AvgIpc) is 2.47. The summed E-state index contributed by atoms with van der Waals surface area (Å²) in [6.07, 6.45) is 1.24. The number of aryl methyl sites for hydroxylation is 2. The molecule has 0 aliphatic heterocycles. The molecule has 0 saturated heterocycles. The van der Waals surface area contributed by atoms with Crippen LogP contribution in [-0.4, -0.2) is 29.3 Å². The molecule has 112 valence electrons. The van der Waals surface area contributed by atoms with Crippen LogP contribution in [0.3, 0.4) is 0 Å². The fourth-order valence-electron chi connectivity index (χ4n) is 2.03. The molecule has 1 aromatic heterocycles. The maximum atomic E-state index is 9.92. The van der Waals surface area contributed by atoms with Crippen molar-refractivity contribution in [3.05, 3.63) is 59.4 Å². The summed E-state index contributed by atoms with van der Waals surface area (Å²) in [6.45, 7) is 5.46. The molecular formula is C17H22N2O2. The first-order valence-corrected chi connectivity index (χ1v) is 7.14. The molecule has 2 N–H and O–H groups in total. The Morgan fingerprint density at radius 2 is 2.10 bits per heavy atom. The first-order valence-electron chi connectivity index (χ1n) is 7.14. The highest BCUT2D eigenvalue weighted by molar-refractivity contribution is 5.27. The van der Waals surface area contributed by atoms with Gasteiger partial charge in [0.15, 0.2) is 0 Å². The fourth-order valence-corrected chi connectivity index (χ4v) is 2.03. The number of hydrogen-bond acceptors (Lipinski definition) is 4. The molecular weight excluding hydrogens is 264 g/mol. The molecule has 0 bridgehead atoms. The van der Waals surface area contributed by atoms with Gasteiger partial charge in [-0.05, 0) is 43.2 Å². The molecule has 0 aliphatic rings. The second-order valence-corrected chi connectivity index (χ2v) is 5.16. The Kier molecular flexibility index (Phi) is 5.72. The third kappa shape index (κ3) is 5.17. The van der Waals surface area contributed by atoms with Gasteiger partial charge in [0.25, 0.3) is 0 Å². The van der Waals surface area contributed by atoms with Gasteiger partial charge in [-0.1, -0.05) is 18.2 Å². The Labute approximate surface area is 125 Å². The van der Waals surface area contributed by atoms with Crippen LogP contribution in [0.5, 0.6) is 5.75 Å². The zero-order chi connectivity index (χ0) is 15.1.